The van der Waals surface area contributed by atoms with Gasteiger partial charge < -0.3 is 18.9 Å². The first-order valence-corrected chi connectivity index (χ1v) is 13.6. The number of nitrogens with zero attached hydrogens (tertiary/aromatic N) is 2. The Kier molecular flexibility index (Phi) is 12.5. The molecule has 0 aliphatic carbocycles. The van der Waals surface area contributed by atoms with Crippen LogP contribution in [0, 0.1) is 17.8 Å². The molecule has 2 heterocycles. The van der Waals surface area contributed by atoms with Crippen molar-refractivity contribution in [1.82, 2.24) is 9.80 Å². The number of carbonyl (C=O) groups excluding carboxylic acids is 5. The summed E-state index contributed by atoms with van der Waals surface area (Å²) in [7, 11) is 0. The van der Waals surface area contributed by atoms with E-state index in [1.165, 1.54) is 4.90 Å². The highest BCUT2D eigenvalue weighted by Gasteiger charge is 2.48. The molecule has 0 N–H and O–H groups in total. The van der Waals surface area contributed by atoms with E-state index in [4.69, 9.17) is 18.9 Å². The molecule has 0 radical (unpaired) electrons. The van der Waals surface area contributed by atoms with Crippen molar-refractivity contribution in [3.05, 3.63) is 11.8 Å². The monoisotopic (exact) mass is 554 g/mol. The fourth-order valence-corrected chi connectivity index (χ4v) is 4.06. The number of likely N-dealkylation sites (tertiary alicyclic amines) is 1. The van der Waals surface area contributed by atoms with Gasteiger partial charge in [0.25, 0.3) is 0 Å². The lowest BCUT2D eigenvalue weighted by Gasteiger charge is -2.23. The third kappa shape index (κ3) is 10.2. The minimum atomic E-state index is -0.896. The molecule has 0 aromatic carbocycles. The van der Waals surface area contributed by atoms with Crippen molar-refractivity contribution in [3.63, 3.8) is 0 Å². The molecule has 1 saturated heterocycles. The predicted octanol–water partition coefficient (Wildman–Crippen LogP) is 4.68. The van der Waals surface area contributed by atoms with Crippen molar-refractivity contribution in [2.24, 2.45) is 17.8 Å². The molecule has 3 atom stereocenters. The van der Waals surface area contributed by atoms with Crippen LogP contribution in [0.3, 0.4) is 0 Å². The molecular formula is C28H46N2O9. The van der Waals surface area contributed by atoms with E-state index in [0.717, 1.165) is 11.3 Å². The summed E-state index contributed by atoms with van der Waals surface area (Å²) in [5.74, 6) is -2.52. The summed E-state index contributed by atoms with van der Waals surface area (Å²) in [5, 5.41) is 0. The van der Waals surface area contributed by atoms with Crippen LogP contribution in [-0.4, -0.2) is 77.3 Å². The highest BCUT2D eigenvalue weighted by molar-refractivity contribution is 6.05. The van der Waals surface area contributed by atoms with Crippen LogP contribution in [0.25, 0.3) is 0 Å². The summed E-state index contributed by atoms with van der Waals surface area (Å²) in [4.78, 5) is 62.3. The van der Waals surface area contributed by atoms with Crippen molar-refractivity contribution >= 4 is 30.0 Å². The van der Waals surface area contributed by atoms with Crippen molar-refractivity contribution in [3.8, 4) is 0 Å². The lowest BCUT2D eigenvalue weighted by atomic mass is 9.93. The third-order valence-corrected chi connectivity index (χ3v) is 5.88. The molecule has 2 rings (SSSR count). The Bertz CT molecular complexity index is 930. The maximum atomic E-state index is 12.2. The maximum absolute atomic E-state index is 12.2. The van der Waals surface area contributed by atoms with Gasteiger partial charge in [-0.05, 0) is 67.7 Å². The molecule has 2 aliphatic rings. The zero-order valence-electron chi connectivity index (χ0n) is 25.1. The first-order chi connectivity index (χ1) is 18.0. The molecule has 0 aromatic heterocycles. The predicted molar refractivity (Wildman–Crippen MR) is 143 cm³/mol. The SMILES string of the molecule is CCOC(=O)C1=CN(C(=O)OC(C)(C)C)CC1CC.CCOC(=O)C1C(=O)N(C(=O)OC(C)(C)C)CC1CC. The van der Waals surface area contributed by atoms with E-state index in [9.17, 15) is 24.0 Å². The molecule has 0 bridgehead atoms. The largest absolute Gasteiger partial charge is 0.465 e. The number of imide groups is 1. The highest BCUT2D eigenvalue weighted by atomic mass is 16.6. The van der Waals surface area contributed by atoms with E-state index >= 15 is 0 Å². The second-order valence-corrected chi connectivity index (χ2v) is 11.4. The summed E-state index contributed by atoms with van der Waals surface area (Å²) in [6.07, 6.45) is 1.83. The summed E-state index contributed by atoms with van der Waals surface area (Å²) in [5.41, 5.74) is -0.671. The van der Waals surface area contributed by atoms with Crippen LogP contribution in [0.5, 0.6) is 0 Å². The number of esters is 2. The van der Waals surface area contributed by atoms with E-state index in [0.29, 0.717) is 25.1 Å². The fraction of sp³-hybridized carbons (Fsp3) is 0.750. The Balaban J connectivity index is 0.000000391. The van der Waals surface area contributed by atoms with Crippen LogP contribution in [0.2, 0.25) is 0 Å². The molecule has 11 heteroatoms. The second kappa shape index (κ2) is 14.3. The molecule has 0 saturated carbocycles. The molecule has 0 aromatic rings. The maximum Gasteiger partial charge on any atom is 0.417 e. The van der Waals surface area contributed by atoms with E-state index in [-0.39, 0.29) is 31.0 Å². The average molecular weight is 555 g/mol. The Morgan fingerprint density at radius 1 is 0.821 bits per heavy atom. The summed E-state index contributed by atoms with van der Waals surface area (Å²) < 4.78 is 20.4. The van der Waals surface area contributed by atoms with E-state index in [2.05, 4.69) is 0 Å². The van der Waals surface area contributed by atoms with Crippen molar-refractivity contribution in [2.45, 2.75) is 93.3 Å². The molecule has 2 aliphatic heterocycles. The third-order valence-electron chi connectivity index (χ3n) is 5.88. The molecule has 39 heavy (non-hydrogen) atoms. The molecule has 0 spiro atoms. The number of carbonyl (C=O) groups is 5. The Morgan fingerprint density at radius 3 is 1.82 bits per heavy atom. The number of hydrogen-bond acceptors (Lipinski definition) is 9. The van der Waals surface area contributed by atoms with Gasteiger partial charge in [0.05, 0.1) is 18.8 Å². The number of rotatable bonds is 6. The van der Waals surface area contributed by atoms with Gasteiger partial charge in [0, 0.05) is 25.2 Å². The van der Waals surface area contributed by atoms with Gasteiger partial charge in [-0.1, -0.05) is 20.3 Å². The molecule has 1 fully saturated rings. The molecular weight excluding hydrogens is 508 g/mol. The fourth-order valence-electron chi connectivity index (χ4n) is 4.06. The van der Waals surface area contributed by atoms with Gasteiger partial charge in [-0.2, -0.15) is 0 Å². The summed E-state index contributed by atoms with van der Waals surface area (Å²) in [6.45, 7) is 19.2. The lowest BCUT2D eigenvalue weighted by Crippen LogP contribution is -2.39. The van der Waals surface area contributed by atoms with Gasteiger partial charge in [0.15, 0.2) is 0 Å². The van der Waals surface area contributed by atoms with Gasteiger partial charge in [-0.3, -0.25) is 14.5 Å². The Morgan fingerprint density at radius 2 is 1.36 bits per heavy atom. The van der Waals surface area contributed by atoms with Gasteiger partial charge in [-0.25, -0.2) is 19.3 Å². The molecule has 3 amide bonds. The van der Waals surface area contributed by atoms with Crippen molar-refractivity contribution < 1.29 is 42.9 Å². The first-order valence-electron chi connectivity index (χ1n) is 13.6. The van der Waals surface area contributed by atoms with Crippen LogP contribution < -0.4 is 0 Å². The first kappa shape index (κ1) is 33.9. The van der Waals surface area contributed by atoms with Gasteiger partial charge in [0.1, 0.15) is 17.1 Å². The standard InChI is InChI=1S/C14H23NO5.C14H23NO4/c1-6-9-8-15(13(18)20-14(3,4)5)11(16)10(9)12(17)19-7-2;1-6-10-8-15(13(17)19-14(3,4)5)9-11(10)12(16)18-7-2/h9-10H,6-8H2,1-5H3;9-10H,6-8H2,1-5H3. The van der Waals surface area contributed by atoms with Crippen molar-refractivity contribution in [2.75, 3.05) is 26.3 Å². The number of amides is 3. The van der Waals surface area contributed by atoms with Crippen LogP contribution in [0.1, 0.15) is 82.1 Å². The van der Waals surface area contributed by atoms with Crippen LogP contribution in [-0.2, 0) is 33.3 Å². The Labute approximate surface area is 232 Å². The quantitative estimate of drug-likeness (QED) is 0.261. The lowest BCUT2D eigenvalue weighted by molar-refractivity contribution is -0.153. The van der Waals surface area contributed by atoms with Gasteiger partial charge >= 0.3 is 24.1 Å². The molecule has 11 nitrogen and oxygen atoms in total. The summed E-state index contributed by atoms with van der Waals surface area (Å²) in [6, 6.07) is 0. The minimum absolute atomic E-state index is 0.0200. The second-order valence-electron chi connectivity index (χ2n) is 11.4. The molecule has 3 unspecified atom stereocenters. The number of hydrogen-bond donors (Lipinski definition) is 0. The molecule has 222 valence electrons. The zero-order valence-corrected chi connectivity index (χ0v) is 25.1. The Hall–Kier alpha value is -3.11. The van der Waals surface area contributed by atoms with Gasteiger partial charge in [-0.15, -0.1) is 0 Å². The topological polar surface area (TPSA) is 129 Å². The van der Waals surface area contributed by atoms with Crippen LogP contribution >= 0.6 is 0 Å². The number of ether oxygens (including phenoxy) is 4. The van der Waals surface area contributed by atoms with Gasteiger partial charge in [0.2, 0.25) is 5.91 Å². The van der Waals surface area contributed by atoms with E-state index in [1.54, 1.807) is 40.8 Å². The van der Waals surface area contributed by atoms with Crippen molar-refractivity contribution in [1.29, 1.82) is 0 Å². The van der Waals surface area contributed by atoms with Crippen LogP contribution in [0.15, 0.2) is 11.8 Å². The smallest absolute Gasteiger partial charge is 0.417 e. The van der Waals surface area contributed by atoms with E-state index < -0.39 is 41.2 Å². The van der Waals surface area contributed by atoms with Crippen LogP contribution in [0.4, 0.5) is 9.59 Å². The summed E-state index contributed by atoms with van der Waals surface area (Å²) >= 11 is 0. The van der Waals surface area contributed by atoms with E-state index in [1.807, 2.05) is 34.6 Å². The average Bonchev–Trinajstić information content (AvgIpc) is 3.39. The minimum Gasteiger partial charge on any atom is -0.465 e. The zero-order chi connectivity index (χ0) is 30.1. The highest BCUT2D eigenvalue weighted by Crippen LogP contribution is 2.30. The normalized spacial score (nSPS) is 21.0.